The largest absolute Gasteiger partial charge is 0.352 e. The number of anilines is 2. The van der Waals surface area contributed by atoms with E-state index >= 15 is 0 Å². The molecular formula is C21H17N5O. The van der Waals surface area contributed by atoms with E-state index in [1.807, 2.05) is 42.5 Å². The molecule has 0 atom stereocenters. The molecule has 0 fully saturated rings. The second kappa shape index (κ2) is 7.61. The Balaban J connectivity index is 1.51. The number of aromatic nitrogens is 3. The molecular weight excluding hydrogens is 338 g/mol. The summed E-state index contributed by atoms with van der Waals surface area (Å²) >= 11 is 0. The first-order valence-electron chi connectivity index (χ1n) is 8.52. The smallest absolute Gasteiger partial charge is 0.253 e. The highest BCUT2D eigenvalue weighted by molar-refractivity contribution is 5.96. The molecule has 4 rings (SSSR count). The van der Waals surface area contributed by atoms with Crippen LogP contribution in [0.1, 0.15) is 15.9 Å². The van der Waals surface area contributed by atoms with Gasteiger partial charge >= 0.3 is 0 Å². The lowest BCUT2D eigenvalue weighted by Crippen LogP contribution is -2.23. The van der Waals surface area contributed by atoms with Crippen molar-refractivity contribution in [1.29, 1.82) is 0 Å². The maximum atomic E-state index is 12.4. The predicted molar refractivity (Wildman–Crippen MR) is 105 cm³/mol. The maximum Gasteiger partial charge on any atom is 0.253 e. The summed E-state index contributed by atoms with van der Waals surface area (Å²) in [4.78, 5) is 25.1. The normalized spacial score (nSPS) is 10.5. The van der Waals surface area contributed by atoms with Crippen LogP contribution in [-0.2, 0) is 6.54 Å². The van der Waals surface area contributed by atoms with Crippen LogP contribution < -0.4 is 10.6 Å². The van der Waals surface area contributed by atoms with E-state index < -0.39 is 0 Å². The third-order valence-electron chi connectivity index (χ3n) is 4.09. The summed E-state index contributed by atoms with van der Waals surface area (Å²) in [6.45, 7) is 0.414. The third kappa shape index (κ3) is 3.90. The van der Waals surface area contributed by atoms with Crippen LogP contribution in [0.25, 0.3) is 10.9 Å². The van der Waals surface area contributed by atoms with Crippen molar-refractivity contribution in [2.75, 3.05) is 5.32 Å². The van der Waals surface area contributed by atoms with Crippen molar-refractivity contribution in [2.24, 2.45) is 0 Å². The van der Waals surface area contributed by atoms with Crippen molar-refractivity contribution in [3.63, 3.8) is 0 Å². The van der Waals surface area contributed by atoms with Gasteiger partial charge in [0.05, 0.1) is 28.7 Å². The molecule has 4 aromatic rings. The van der Waals surface area contributed by atoms with Gasteiger partial charge in [0.15, 0.2) is 0 Å². The highest BCUT2D eigenvalue weighted by Gasteiger charge is 2.08. The fourth-order valence-corrected chi connectivity index (χ4v) is 2.78. The van der Waals surface area contributed by atoms with Gasteiger partial charge in [-0.25, -0.2) is 0 Å². The molecule has 0 unspecified atom stereocenters. The number of nitrogens with one attached hydrogen (secondary N) is 2. The lowest BCUT2D eigenvalue weighted by Gasteiger charge is -2.10. The van der Waals surface area contributed by atoms with Crippen LogP contribution in [0.4, 0.5) is 11.4 Å². The molecule has 0 aliphatic carbocycles. The van der Waals surface area contributed by atoms with Crippen LogP contribution in [0.2, 0.25) is 0 Å². The lowest BCUT2D eigenvalue weighted by molar-refractivity contribution is 0.0950. The zero-order chi connectivity index (χ0) is 18.5. The monoisotopic (exact) mass is 355 g/mol. The summed E-state index contributed by atoms with van der Waals surface area (Å²) in [5.41, 5.74) is 3.88. The minimum atomic E-state index is -0.189. The van der Waals surface area contributed by atoms with Gasteiger partial charge in [-0.3, -0.25) is 19.7 Å². The van der Waals surface area contributed by atoms with Gasteiger partial charge < -0.3 is 10.6 Å². The highest BCUT2D eigenvalue weighted by Crippen LogP contribution is 2.24. The minimum Gasteiger partial charge on any atom is -0.352 e. The van der Waals surface area contributed by atoms with Crippen molar-refractivity contribution < 1.29 is 4.79 Å². The van der Waals surface area contributed by atoms with Crippen molar-refractivity contribution >= 4 is 28.2 Å². The quantitative estimate of drug-likeness (QED) is 0.571. The molecule has 27 heavy (non-hydrogen) atoms. The van der Waals surface area contributed by atoms with Crippen molar-refractivity contribution in [1.82, 2.24) is 20.3 Å². The van der Waals surface area contributed by atoms with E-state index in [0.29, 0.717) is 12.1 Å². The number of pyridine rings is 3. The highest BCUT2D eigenvalue weighted by atomic mass is 16.1. The van der Waals surface area contributed by atoms with Gasteiger partial charge in [0.25, 0.3) is 5.91 Å². The molecule has 3 heterocycles. The summed E-state index contributed by atoms with van der Waals surface area (Å²) in [5.74, 6) is -0.189. The molecule has 1 aromatic carbocycles. The van der Waals surface area contributed by atoms with Gasteiger partial charge in [-0.05, 0) is 29.8 Å². The Morgan fingerprint density at radius 2 is 1.81 bits per heavy atom. The number of benzene rings is 1. The number of nitrogens with zero attached hydrogens (tertiary/aromatic N) is 3. The molecule has 0 aliphatic rings. The summed E-state index contributed by atoms with van der Waals surface area (Å²) in [5, 5.41) is 7.22. The number of amides is 1. The Labute approximate surface area is 156 Å². The second-order valence-corrected chi connectivity index (χ2v) is 6.01. The molecule has 2 N–H and O–H groups in total. The van der Waals surface area contributed by atoms with Gasteiger partial charge in [0.1, 0.15) is 0 Å². The predicted octanol–water partition coefficient (Wildman–Crippen LogP) is 3.70. The van der Waals surface area contributed by atoms with Crippen molar-refractivity contribution in [3.05, 3.63) is 90.6 Å². The van der Waals surface area contributed by atoms with Crippen molar-refractivity contribution in [3.8, 4) is 0 Å². The van der Waals surface area contributed by atoms with Crippen LogP contribution in [0.15, 0.2) is 79.5 Å². The summed E-state index contributed by atoms with van der Waals surface area (Å²) in [6, 6.07) is 15.4. The number of hydrogen-bond acceptors (Lipinski definition) is 5. The fraction of sp³-hybridized carbons (Fsp3) is 0.0476. The van der Waals surface area contributed by atoms with E-state index in [2.05, 4.69) is 25.6 Å². The number of carbonyl (C=O) groups excluding carboxylic acids is 1. The van der Waals surface area contributed by atoms with Crippen LogP contribution in [0.5, 0.6) is 0 Å². The van der Waals surface area contributed by atoms with Gasteiger partial charge in [-0.15, -0.1) is 0 Å². The molecule has 3 aromatic heterocycles. The number of hydrogen-bond donors (Lipinski definition) is 2. The average molecular weight is 355 g/mol. The van der Waals surface area contributed by atoms with Crippen LogP contribution in [0.3, 0.4) is 0 Å². The van der Waals surface area contributed by atoms with Crippen molar-refractivity contribution in [2.45, 2.75) is 6.54 Å². The maximum absolute atomic E-state index is 12.4. The minimum absolute atomic E-state index is 0.189. The molecule has 0 spiro atoms. The molecule has 132 valence electrons. The van der Waals surface area contributed by atoms with Crippen LogP contribution in [-0.4, -0.2) is 20.9 Å². The third-order valence-corrected chi connectivity index (χ3v) is 4.09. The second-order valence-electron chi connectivity index (χ2n) is 6.01. The Morgan fingerprint density at radius 3 is 2.70 bits per heavy atom. The van der Waals surface area contributed by atoms with Gasteiger partial charge in [0.2, 0.25) is 0 Å². The topological polar surface area (TPSA) is 79.8 Å². The molecule has 0 bridgehead atoms. The Bertz CT molecular complexity index is 1080. The van der Waals surface area contributed by atoms with E-state index in [0.717, 1.165) is 27.8 Å². The lowest BCUT2D eigenvalue weighted by atomic mass is 10.2. The van der Waals surface area contributed by atoms with E-state index in [-0.39, 0.29) is 5.91 Å². The van der Waals surface area contributed by atoms with Gasteiger partial charge in [-0.1, -0.05) is 24.3 Å². The van der Waals surface area contributed by atoms with E-state index in [9.17, 15) is 4.79 Å². The first-order chi connectivity index (χ1) is 13.3. The molecule has 0 saturated heterocycles. The summed E-state index contributed by atoms with van der Waals surface area (Å²) in [7, 11) is 0. The fourth-order valence-electron chi connectivity index (χ4n) is 2.78. The Kier molecular flexibility index (Phi) is 4.70. The average Bonchev–Trinajstić information content (AvgIpc) is 2.73. The summed E-state index contributed by atoms with van der Waals surface area (Å²) in [6.07, 6.45) is 8.41. The van der Waals surface area contributed by atoms with Crippen LogP contribution in [0, 0.1) is 0 Å². The Morgan fingerprint density at radius 1 is 0.926 bits per heavy atom. The zero-order valence-corrected chi connectivity index (χ0v) is 14.5. The first-order valence-corrected chi connectivity index (χ1v) is 8.52. The molecule has 0 radical (unpaired) electrons. The van der Waals surface area contributed by atoms with E-state index in [1.54, 1.807) is 37.1 Å². The van der Waals surface area contributed by atoms with Crippen LogP contribution >= 0.6 is 0 Å². The number of carbonyl (C=O) groups is 1. The van der Waals surface area contributed by atoms with Gasteiger partial charge in [0, 0.05) is 36.7 Å². The van der Waals surface area contributed by atoms with E-state index in [4.69, 9.17) is 0 Å². The molecule has 6 heteroatoms. The Hall–Kier alpha value is -3.80. The first kappa shape index (κ1) is 16.7. The molecule has 0 saturated carbocycles. The number of fused-ring (bicyclic) bond motifs is 1. The van der Waals surface area contributed by atoms with Gasteiger partial charge in [-0.2, -0.15) is 0 Å². The SMILES string of the molecule is O=C(NCc1cccnc1)c1cncc(Nc2cccc3cccnc23)c1. The molecule has 0 aliphatic heterocycles. The van der Waals surface area contributed by atoms with E-state index in [1.165, 1.54) is 0 Å². The molecule has 1 amide bonds. The number of para-hydroxylation sites is 1. The molecule has 6 nitrogen and oxygen atoms in total. The summed E-state index contributed by atoms with van der Waals surface area (Å²) < 4.78 is 0. The number of rotatable bonds is 5. The zero-order valence-electron chi connectivity index (χ0n) is 14.5. The standard InChI is InChI=1S/C21H17N5O/c27-21(25-12-15-4-2-8-22-11-15)17-10-18(14-23-13-17)26-19-7-1-5-16-6-3-9-24-20(16)19/h1-11,13-14,26H,12H2,(H,25,27).